The average Bonchev–Trinajstić information content (AvgIpc) is 2.76. The zero-order valence-electron chi connectivity index (χ0n) is 16.8. The van der Waals surface area contributed by atoms with E-state index in [1.807, 2.05) is 12.1 Å². The monoisotopic (exact) mass is 433 g/mol. The fraction of sp³-hybridized carbons (Fsp3) is 0.455. The summed E-state index contributed by atoms with van der Waals surface area (Å²) in [5, 5.41) is 62.1. The van der Waals surface area contributed by atoms with Gasteiger partial charge in [0.25, 0.3) is 0 Å². The molecule has 168 valence electrons. The quantitative estimate of drug-likeness (QED) is 0.315. The lowest BCUT2D eigenvalue weighted by Gasteiger charge is -2.39. The Morgan fingerprint density at radius 3 is 2.39 bits per heavy atom. The fourth-order valence-electron chi connectivity index (χ4n) is 4.09. The smallest absolute Gasteiger partial charge is 0.229 e. The summed E-state index contributed by atoms with van der Waals surface area (Å²) in [5.41, 5.74) is 2.95. The highest BCUT2D eigenvalue weighted by Crippen LogP contribution is 2.35. The van der Waals surface area contributed by atoms with E-state index in [0.29, 0.717) is 12.2 Å². The second-order valence-electron chi connectivity index (χ2n) is 7.96. The molecule has 0 bridgehead atoms. The number of ether oxygens (including phenoxy) is 2. The third kappa shape index (κ3) is 4.47. The Morgan fingerprint density at radius 2 is 1.68 bits per heavy atom. The van der Waals surface area contributed by atoms with E-state index in [-0.39, 0.29) is 17.5 Å². The molecule has 0 radical (unpaired) electrons. The molecule has 0 aromatic heterocycles. The standard InChI is InChI=1S/C22H27NO8/c24-10-18-19(27)20(28)21(29)22(31-18)30-13-3-1-11(2-4-13)7-15-14-9-17(26)16(25)8-12(14)5-6-23-15/h1-4,8-9,15,18-29H,5-7,10H2/t15?,18-,19-,20+,21-,22-/m1/s1. The maximum Gasteiger partial charge on any atom is 0.229 e. The Kier molecular flexibility index (Phi) is 6.33. The summed E-state index contributed by atoms with van der Waals surface area (Å²) in [6.45, 7) is 0.243. The van der Waals surface area contributed by atoms with Gasteiger partial charge in [0.2, 0.25) is 6.29 Å². The highest BCUT2D eigenvalue weighted by Gasteiger charge is 2.44. The summed E-state index contributed by atoms with van der Waals surface area (Å²) >= 11 is 0. The lowest BCUT2D eigenvalue weighted by molar-refractivity contribution is -0.277. The maximum absolute atomic E-state index is 10.1. The van der Waals surface area contributed by atoms with E-state index in [4.69, 9.17) is 9.47 Å². The van der Waals surface area contributed by atoms with Gasteiger partial charge < -0.3 is 45.4 Å². The molecule has 9 heteroatoms. The summed E-state index contributed by atoms with van der Waals surface area (Å²) in [7, 11) is 0. The van der Waals surface area contributed by atoms with Crippen molar-refractivity contribution in [3.8, 4) is 17.2 Å². The van der Waals surface area contributed by atoms with Gasteiger partial charge >= 0.3 is 0 Å². The van der Waals surface area contributed by atoms with Crippen molar-refractivity contribution in [2.24, 2.45) is 0 Å². The summed E-state index contributed by atoms with van der Waals surface area (Å²) < 4.78 is 11.0. The van der Waals surface area contributed by atoms with Crippen molar-refractivity contribution < 1.29 is 40.1 Å². The van der Waals surface area contributed by atoms with Gasteiger partial charge in [0.15, 0.2) is 11.5 Å². The predicted octanol–water partition coefficient (Wildman–Crippen LogP) is -0.294. The lowest BCUT2D eigenvalue weighted by atomic mass is 9.90. The van der Waals surface area contributed by atoms with Crippen LogP contribution >= 0.6 is 0 Å². The molecule has 7 N–H and O–H groups in total. The van der Waals surface area contributed by atoms with Crippen LogP contribution in [-0.4, -0.2) is 74.5 Å². The predicted molar refractivity (Wildman–Crippen MR) is 109 cm³/mol. The molecule has 2 aromatic rings. The first-order valence-electron chi connectivity index (χ1n) is 10.2. The van der Waals surface area contributed by atoms with Crippen LogP contribution in [0.5, 0.6) is 17.2 Å². The van der Waals surface area contributed by atoms with Crippen molar-refractivity contribution in [3.63, 3.8) is 0 Å². The molecule has 0 aliphatic carbocycles. The van der Waals surface area contributed by atoms with Crippen LogP contribution in [0.1, 0.15) is 22.7 Å². The Bertz CT molecular complexity index is 903. The summed E-state index contributed by atoms with van der Waals surface area (Å²) in [6, 6.07) is 10.3. The molecule has 1 saturated heterocycles. The van der Waals surface area contributed by atoms with Crippen molar-refractivity contribution in [1.29, 1.82) is 0 Å². The minimum absolute atomic E-state index is 0.0209. The van der Waals surface area contributed by atoms with Crippen LogP contribution < -0.4 is 10.1 Å². The third-order valence-electron chi connectivity index (χ3n) is 5.86. The molecular weight excluding hydrogens is 406 g/mol. The Balaban J connectivity index is 1.43. The van der Waals surface area contributed by atoms with Crippen LogP contribution in [0, 0.1) is 0 Å². The number of phenols is 2. The highest BCUT2D eigenvalue weighted by atomic mass is 16.7. The van der Waals surface area contributed by atoms with E-state index in [1.54, 1.807) is 24.3 Å². The number of hydrogen-bond donors (Lipinski definition) is 7. The molecule has 4 rings (SSSR count). The molecule has 1 unspecified atom stereocenters. The third-order valence-corrected chi connectivity index (χ3v) is 5.86. The number of aliphatic hydroxyl groups is 4. The van der Waals surface area contributed by atoms with Gasteiger partial charge in [-0.05, 0) is 60.3 Å². The molecule has 2 heterocycles. The molecular formula is C22H27NO8. The fourth-order valence-corrected chi connectivity index (χ4v) is 4.09. The molecule has 6 atom stereocenters. The molecule has 2 aliphatic heterocycles. The first-order chi connectivity index (χ1) is 14.9. The molecule has 0 spiro atoms. The van der Waals surface area contributed by atoms with Crippen LogP contribution in [0.15, 0.2) is 36.4 Å². The van der Waals surface area contributed by atoms with Crippen molar-refractivity contribution in [1.82, 2.24) is 5.32 Å². The lowest BCUT2D eigenvalue weighted by Crippen LogP contribution is -2.60. The normalized spacial score (nSPS) is 30.6. The van der Waals surface area contributed by atoms with E-state index >= 15 is 0 Å². The van der Waals surface area contributed by atoms with Crippen LogP contribution in [0.2, 0.25) is 0 Å². The Labute approximate surface area is 179 Å². The zero-order valence-corrected chi connectivity index (χ0v) is 16.8. The topological polar surface area (TPSA) is 152 Å². The minimum atomic E-state index is -1.50. The van der Waals surface area contributed by atoms with Gasteiger partial charge in [-0.25, -0.2) is 0 Å². The van der Waals surface area contributed by atoms with Gasteiger partial charge in [-0.2, -0.15) is 0 Å². The average molecular weight is 433 g/mol. The number of hydrogen-bond acceptors (Lipinski definition) is 9. The summed E-state index contributed by atoms with van der Waals surface area (Å²) in [6.07, 6.45) is -5.24. The summed E-state index contributed by atoms with van der Waals surface area (Å²) in [4.78, 5) is 0. The SMILES string of the molecule is OC[C@H]1O[C@@H](Oc2ccc(CC3NCCc4cc(O)c(O)cc43)cc2)[C@H](O)[C@@H](O)[C@@H]1O. The number of benzene rings is 2. The number of aliphatic hydroxyl groups excluding tert-OH is 4. The second-order valence-corrected chi connectivity index (χ2v) is 7.96. The van der Waals surface area contributed by atoms with Gasteiger partial charge in [-0.3, -0.25) is 0 Å². The van der Waals surface area contributed by atoms with Gasteiger partial charge in [-0.15, -0.1) is 0 Å². The van der Waals surface area contributed by atoms with Crippen molar-refractivity contribution in [3.05, 3.63) is 53.1 Å². The van der Waals surface area contributed by atoms with E-state index in [1.165, 1.54) is 0 Å². The van der Waals surface area contributed by atoms with Crippen LogP contribution in [0.3, 0.4) is 0 Å². The minimum Gasteiger partial charge on any atom is -0.504 e. The van der Waals surface area contributed by atoms with Crippen LogP contribution in [-0.2, 0) is 17.6 Å². The van der Waals surface area contributed by atoms with Gasteiger partial charge in [-0.1, -0.05) is 12.1 Å². The molecule has 31 heavy (non-hydrogen) atoms. The Hall–Kier alpha value is -2.40. The van der Waals surface area contributed by atoms with Gasteiger partial charge in [0, 0.05) is 6.04 Å². The van der Waals surface area contributed by atoms with Gasteiger partial charge in [0.1, 0.15) is 30.2 Å². The molecule has 9 nitrogen and oxygen atoms in total. The Morgan fingerprint density at radius 1 is 0.968 bits per heavy atom. The van der Waals surface area contributed by atoms with Gasteiger partial charge in [0.05, 0.1) is 6.61 Å². The zero-order chi connectivity index (χ0) is 22.1. The number of rotatable bonds is 5. The van der Waals surface area contributed by atoms with Crippen molar-refractivity contribution in [2.75, 3.05) is 13.2 Å². The molecule has 0 saturated carbocycles. The first-order valence-corrected chi connectivity index (χ1v) is 10.2. The summed E-state index contributed by atoms with van der Waals surface area (Å²) in [5.74, 6) is 0.137. The number of phenolic OH excluding ortho intramolecular Hbond substituents is 2. The van der Waals surface area contributed by atoms with E-state index in [9.17, 15) is 30.6 Å². The second kappa shape index (κ2) is 8.99. The number of fused-ring (bicyclic) bond motifs is 1. The molecule has 1 fully saturated rings. The maximum atomic E-state index is 10.1. The van der Waals surface area contributed by atoms with Crippen molar-refractivity contribution in [2.45, 2.75) is 49.6 Å². The van der Waals surface area contributed by atoms with E-state index in [0.717, 1.165) is 29.7 Å². The molecule has 2 aliphatic rings. The van der Waals surface area contributed by atoms with E-state index in [2.05, 4.69) is 5.32 Å². The number of nitrogens with one attached hydrogen (secondary N) is 1. The van der Waals surface area contributed by atoms with Crippen molar-refractivity contribution >= 4 is 0 Å². The van der Waals surface area contributed by atoms with E-state index < -0.39 is 37.3 Å². The van der Waals surface area contributed by atoms with Crippen LogP contribution in [0.4, 0.5) is 0 Å². The largest absolute Gasteiger partial charge is 0.504 e. The van der Waals surface area contributed by atoms with Crippen LogP contribution in [0.25, 0.3) is 0 Å². The number of aromatic hydroxyl groups is 2. The molecule has 0 amide bonds. The highest BCUT2D eigenvalue weighted by molar-refractivity contribution is 5.48. The molecule has 2 aromatic carbocycles. The first kappa shape index (κ1) is 21.8.